The summed E-state index contributed by atoms with van der Waals surface area (Å²) in [5, 5.41) is 9.45. The number of carbonyl (C=O) groups is 1. The molecule has 0 spiro atoms. The molecule has 1 amide bonds. The first kappa shape index (κ1) is 25.4. The number of nitrogens with zero attached hydrogens (tertiary/aromatic N) is 1. The van der Waals surface area contributed by atoms with Gasteiger partial charge >= 0.3 is 0 Å². The fourth-order valence-corrected chi connectivity index (χ4v) is 3.95. The molecule has 6 nitrogen and oxygen atoms in total. The van der Waals surface area contributed by atoms with Gasteiger partial charge in [-0.2, -0.15) is 0 Å². The van der Waals surface area contributed by atoms with E-state index in [1.165, 1.54) is 42.4 Å². The minimum Gasteiger partial charge on any atom is -0.389 e. The summed E-state index contributed by atoms with van der Waals surface area (Å²) in [4.78, 5) is 15.2. The van der Waals surface area contributed by atoms with Gasteiger partial charge in [-0.3, -0.25) is 4.79 Å². The first-order valence-corrected chi connectivity index (χ1v) is 11.8. The average molecular weight is 462 g/mol. The van der Waals surface area contributed by atoms with Gasteiger partial charge in [-0.1, -0.05) is 55.3 Å². The maximum absolute atomic E-state index is 11.2. The monoisotopic (exact) mass is 461 g/mol. The Hall–Kier alpha value is -3.22. The van der Waals surface area contributed by atoms with Gasteiger partial charge < -0.3 is 21.3 Å². The average Bonchev–Trinajstić information content (AvgIpc) is 3.34. The first-order valence-electron chi connectivity index (χ1n) is 11.8. The Kier molecular flexibility index (Phi) is 8.79. The molecule has 0 bridgehead atoms. The zero-order valence-corrected chi connectivity index (χ0v) is 20.3. The molecule has 1 aromatic heterocycles. The van der Waals surface area contributed by atoms with Crippen molar-refractivity contribution in [2.75, 3.05) is 5.73 Å². The Bertz CT molecular complexity index is 1100. The molecule has 5 N–H and O–H groups in total. The highest BCUT2D eigenvalue weighted by atomic mass is 16.5. The molecule has 1 atom stereocenters. The third-order valence-corrected chi connectivity index (χ3v) is 6.27. The number of benzene rings is 2. The van der Waals surface area contributed by atoms with Crippen LogP contribution in [0.25, 0.3) is 11.1 Å². The smallest absolute Gasteiger partial charge is 0.252 e. The van der Waals surface area contributed by atoms with Crippen molar-refractivity contribution in [1.82, 2.24) is 4.98 Å². The zero-order chi connectivity index (χ0) is 24.7. The van der Waals surface area contributed by atoms with E-state index in [4.69, 9.17) is 16.2 Å². The van der Waals surface area contributed by atoms with Crippen molar-refractivity contribution in [3.8, 4) is 11.1 Å². The Labute approximate surface area is 202 Å². The minimum atomic E-state index is -0.604. The van der Waals surface area contributed by atoms with Crippen LogP contribution in [-0.4, -0.2) is 22.1 Å². The van der Waals surface area contributed by atoms with Crippen molar-refractivity contribution >= 4 is 11.7 Å². The SMILES string of the molecule is CC(O)c1ccc(-c2cnc(N)c(C(N)=O)c2)cc1.Cc1ccc(COC2CCCC2)cc1C. The predicted molar refractivity (Wildman–Crippen MR) is 136 cm³/mol. The number of nitrogens with two attached hydrogens (primary N) is 2. The van der Waals surface area contributed by atoms with Crippen molar-refractivity contribution in [3.63, 3.8) is 0 Å². The predicted octanol–water partition coefficient (Wildman–Crippen LogP) is 5.25. The summed E-state index contributed by atoms with van der Waals surface area (Å²) < 4.78 is 5.88. The highest BCUT2D eigenvalue weighted by Crippen LogP contribution is 2.24. The van der Waals surface area contributed by atoms with E-state index in [0.29, 0.717) is 6.10 Å². The van der Waals surface area contributed by atoms with Crippen LogP contribution in [0.5, 0.6) is 0 Å². The van der Waals surface area contributed by atoms with E-state index in [-0.39, 0.29) is 11.4 Å². The second kappa shape index (κ2) is 11.8. The Balaban J connectivity index is 0.000000196. The fraction of sp³-hybridized carbons (Fsp3) is 0.357. The third-order valence-electron chi connectivity index (χ3n) is 6.27. The van der Waals surface area contributed by atoms with Gasteiger partial charge in [-0.05, 0) is 67.5 Å². The molecule has 1 aliphatic rings. The van der Waals surface area contributed by atoms with Gasteiger partial charge in [-0.25, -0.2) is 4.98 Å². The van der Waals surface area contributed by atoms with Crippen LogP contribution in [0, 0.1) is 13.8 Å². The molecule has 3 aromatic rings. The zero-order valence-electron chi connectivity index (χ0n) is 20.3. The molecule has 1 fully saturated rings. The second-order valence-corrected chi connectivity index (χ2v) is 8.96. The van der Waals surface area contributed by atoms with Crippen LogP contribution < -0.4 is 11.5 Å². The van der Waals surface area contributed by atoms with Crippen LogP contribution >= 0.6 is 0 Å². The van der Waals surface area contributed by atoms with E-state index in [1.807, 2.05) is 24.3 Å². The lowest BCUT2D eigenvalue weighted by molar-refractivity contribution is 0.0456. The molecule has 2 aromatic carbocycles. The largest absolute Gasteiger partial charge is 0.389 e. The molecule has 0 aliphatic heterocycles. The molecule has 0 radical (unpaired) electrons. The summed E-state index contributed by atoms with van der Waals surface area (Å²) in [7, 11) is 0. The van der Waals surface area contributed by atoms with Gasteiger partial charge in [-0.15, -0.1) is 0 Å². The lowest BCUT2D eigenvalue weighted by Gasteiger charge is -2.11. The van der Waals surface area contributed by atoms with E-state index in [2.05, 4.69) is 37.0 Å². The number of pyridine rings is 1. The van der Waals surface area contributed by atoms with Crippen molar-refractivity contribution < 1.29 is 14.6 Å². The number of hydrogen-bond acceptors (Lipinski definition) is 5. The van der Waals surface area contributed by atoms with Crippen LogP contribution in [0.4, 0.5) is 5.82 Å². The standard InChI is InChI=1S/C14H15N3O2.C14H20O/c1-8(18)9-2-4-10(5-3-9)11-6-12(14(16)19)13(15)17-7-11;1-11-7-8-13(9-12(11)2)10-15-14-5-3-4-6-14/h2-8,18H,1H3,(H2,15,17)(H2,16,19);7-9,14H,3-6,10H2,1-2H3. The second-order valence-electron chi connectivity index (χ2n) is 8.96. The van der Waals surface area contributed by atoms with Gasteiger partial charge in [0.05, 0.1) is 24.4 Å². The fourth-order valence-electron chi connectivity index (χ4n) is 3.95. The molecular formula is C28H35N3O3. The van der Waals surface area contributed by atoms with E-state index < -0.39 is 12.0 Å². The molecule has 1 aliphatic carbocycles. The maximum atomic E-state index is 11.2. The number of aliphatic hydroxyl groups excluding tert-OH is 1. The van der Waals surface area contributed by atoms with Crippen molar-refractivity contribution in [3.05, 3.63) is 82.5 Å². The molecule has 0 saturated heterocycles. The van der Waals surface area contributed by atoms with Gasteiger partial charge in [0.25, 0.3) is 5.91 Å². The Morgan fingerprint density at radius 3 is 2.32 bits per heavy atom. The van der Waals surface area contributed by atoms with E-state index in [1.54, 1.807) is 19.2 Å². The van der Waals surface area contributed by atoms with Crippen LogP contribution in [-0.2, 0) is 11.3 Å². The summed E-state index contributed by atoms with van der Waals surface area (Å²) in [6.45, 7) is 6.79. The number of aromatic nitrogens is 1. The highest BCUT2D eigenvalue weighted by molar-refractivity contribution is 5.98. The number of ether oxygens (including phenoxy) is 1. The Morgan fingerprint density at radius 1 is 1.06 bits per heavy atom. The molecule has 6 heteroatoms. The number of primary amides is 1. The summed E-state index contributed by atoms with van der Waals surface area (Å²) in [5.74, 6) is -0.482. The number of aryl methyl sites for hydroxylation is 2. The number of anilines is 1. The van der Waals surface area contributed by atoms with Gasteiger partial charge in [0, 0.05) is 11.8 Å². The van der Waals surface area contributed by atoms with E-state index >= 15 is 0 Å². The van der Waals surface area contributed by atoms with Crippen molar-refractivity contribution in [1.29, 1.82) is 0 Å². The third kappa shape index (κ3) is 6.89. The topological polar surface area (TPSA) is 111 Å². The molecule has 1 heterocycles. The number of aliphatic hydroxyl groups is 1. The molecule has 34 heavy (non-hydrogen) atoms. The van der Waals surface area contributed by atoms with Gasteiger partial charge in [0.2, 0.25) is 0 Å². The summed E-state index contributed by atoms with van der Waals surface area (Å²) in [6.07, 6.45) is 6.79. The quantitative estimate of drug-likeness (QED) is 0.464. The molecule has 1 unspecified atom stereocenters. The van der Waals surface area contributed by atoms with E-state index in [0.717, 1.165) is 23.3 Å². The van der Waals surface area contributed by atoms with E-state index in [9.17, 15) is 9.90 Å². The number of nitrogen functional groups attached to an aromatic ring is 1. The lowest BCUT2D eigenvalue weighted by Crippen LogP contribution is -2.14. The molecular weight excluding hydrogens is 426 g/mol. The minimum absolute atomic E-state index is 0.122. The maximum Gasteiger partial charge on any atom is 0.252 e. The first-order chi connectivity index (χ1) is 16.2. The Morgan fingerprint density at radius 2 is 1.74 bits per heavy atom. The van der Waals surface area contributed by atoms with Gasteiger partial charge in [0.15, 0.2) is 0 Å². The van der Waals surface area contributed by atoms with Crippen LogP contribution in [0.3, 0.4) is 0 Å². The molecule has 4 rings (SSSR count). The number of amides is 1. The summed E-state index contributed by atoms with van der Waals surface area (Å²) >= 11 is 0. The molecule has 1 saturated carbocycles. The normalized spacial score (nSPS) is 14.4. The van der Waals surface area contributed by atoms with Crippen LogP contribution in [0.15, 0.2) is 54.7 Å². The highest BCUT2D eigenvalue weighted by Gasteiger charge is 2.15. The number of hydrogen-bond donors (Lipinski definition) is 3. The summed E-state index contributed by atoms with van der Waals surface area (Å²) in [5.41, 5.74) is 17.5. The molecule has 180 valence electrons. The van der Waals surface area contributed by atoms with Crippen LogP contribution in [0.2, 0.25) is 0 Å². The van der Waals surface area contributed by atoms with Gasteiger partial charge in [0.1, 0.15) is 5.82 Å². The lowest BCUT2D eigenvalue weighted by atomic mass is 10.0. The van der Waals surface area contributed by atoms with Crippen molar-refractivity contribution in [2.45, 2.75) is 65.3 Å². The number of carbonyl (C=O) groups excluding carboxylic acids is 1. The van der Waals surface area contributed by atoms with Crippen LogP contribution in [0.1, 0.15) is 71.3 Å². The number of rotatable bonds is 6. The summed E-state index contributed by atoms with van der Waals surface area (Å²) in [6, 6.07) is 15.5. The van der Waals surface area contributed by atoms with Crippen molar-refractivity contribution in [2.24, 2.45) is 5.73 Å².